The van der Waals surface area contributed by atoms with Crippen LogP contribution in [-0.4, -0.2) is 23.2 Å². The van der Waals surface area contributed by atoms with Gasteiger partial charge in [0.15, 0.2) is 0 Å². The molecule has 0 aliphatic heterocycles. The van der Waals surface area contributed by atoms with E-state index in [9.17, 15) is 0 Å². The molecule has 0 saturated carbocycles. The first-order valence-electron chi connectivity index (χ1n) is 6.34. The lowest BCUT2D eigenvalue weighted by Gasteiger charge is -2.20. The fourth-order valence-corrected chi connectivity index (χ4v) is 3.33. The molecule has 1 aromatic rings. The Hall–Kier alpha value is -0.550. The zero-order chi connectivity index (χ0) is 14.5. The van der Waals surface area contributed by atoms with Crippen LogP contribution in [0, 0.1) is 6.92 Å². The minimum Gasteiger partial charge on any atom is -0.389 e. The first-order chi connectivity index (χ1) is 8.90. The van der Waals surface area contributed by atoms with E-state index in [4.69, 9.17) is 25.4 Å². The van der Waals surface area contributed by atoms with Crippen LogP contribution in [0.5, 0.6) is 6.01 Å². The minimum atomic E-state index is -2.80. The zero-order valence-corrected chi connectivity index (χ0v) is 13.8. The van der Waals surface area contributed by atoms with E-state index in [-0.39, 0.29) is 6.01 Å². The van der Waals surface area contributed by atoms with Gasteiger partial charge in [-0.15, -0.1) is 0 Å². The Bertz CT molecular complexity index is 458. The van der Waals surface area contributed by atoms with Gasteiger partial charge in [-0.1, -0.05) is 13.8 Å². The summed E-state index contributed by atoms with van der Waals surface area (Å²) in [5.74, 6) is 0.293. The normalized spacial score (nSPS) is 11.9. The van der Waals surface area contributed by atoms with E-state index in [1.165, 1.54) is 0 Å². The molecule has 19 heavy (non-hydrogen) atoms. The maximum absolute atomic E-state index is 5.61. The molecule has 0 aliphatic rings. The summed E-state index contributed by atoms with van der Waals surface area (Å²) < 4.78 is 16.4. The van der Waals surface area contributed by atoms with E-state index in [2.05, 4.69) is 23.8 Å². The molecular formula is C12H21N2O3PS. The lowest BCUT2D eigenvalue weighted by molar-refractivity contribution is 0.213. The topological polar surface area (TPSA) is 53.5 Å². The average Bonchev–Trinajstić information content (AvgIpc) is 2.28. The summed E-state index contributed by atoms with van der Waals surface area (Å²) in [4.78, 5) is 8.58. The Labute approximate surface area is 120 Å². The lowest BCUT2D eigenvalue weighted by Crippen LogP contribution is -2.06. The second-order valence-corrected chi connectivity index (χ2v) is 7.18. The SMILES string of the molecule is CCOP(=S)(OCC)Oc1nc(C)cc(C(C)C)n1. The van der Waals surface area contributed by atoms with Crippen LogP contribution in [0.2, 0.25) is 0 Å². The third-order valence-corrected chi connectivity index (χ3v) is 4.60. The van der Waals surface area contributed by atoms with Crippen molar-refractivity contribution in [2.45, 2.75) is 40.5 Å². The maximum Gasteiger partial charge on any atom is 0.382 e. The van der Waals surface area contributed by atoms with E-state index < -0.39 is 6.72 Å². The van der Waals surface area contributed by atoms with Crippen LogP contribution in [0.4, 0.5) is 0 Å². The Kier molecular flexibility index (Phi) is 6.33. The van der Waals surface area contributed by atoms with Crippen molar-refractivity contribution in [2.75, 3.05) is 13.2 Å². The molecule has 1 aromatic heterocycles. The predicted octanol–water partition coefficient (Wildman–Crippen LogP) is 3.58. The first kappa shape index (κ1) is 16.5. The fraction of sp³-hybridized carbons (Fsp3) is 0.667. The largest absolute Gasteiger partial charge is 0.389 e. The molecule has 5 nitrogen and oxygen atoms in total. The van der Waals surface area contributed by atoms with Gasteiger partial charge in [0.25, 0.3) is 0 Å². The number of aromatic nitrogens is 2. The van der Waals surface area contributed by atoms with Crippen molar-refractivity contribution in [3.05, 3.63) is 17.5 Å². The van der Waals surface area contributed by atoms with E-state index >= 15 is 0 Å². The van der Waals surface area contributed by atoms with Gasteiger partial charge in [0.05, 0.1) is 18.9 Å². The smallest absolute Gasteiger partial charge is 0.382 e. The summed E-state index contributed by atoms with van der Waals surface area (Å²) in [5, 5.41) is 0. The van der Waals surface area contributed by atoms with Crippen LogP contribution >= 0.6 is 6.72 Å². The van der Waals surface area contributed by atoms with Crippen molar-refractivity contribution in [1.82, 2.24) is 9.97 Å². The summed E-state index contributed by atoms with van der Waals surface area (Å²) in [6, 6.07) is 2.16. The van der Waals surface area contributed by atoms with Crippen molar-refractivity contribution in [2.24, 2.45) is 0 Å². The first-order valence-corrected chi connectivity index (χ1v) is 8.90. The van der Waals surface area contributed by atoms with Crippen LogP contribution in [-0.2, 0) is 20.9 Å². The molecule has 0 bridgehead atoms. The second-order valence-electron chi connectivity index (χ2n) is 4.25. The van der Waals surface area contributed by atoms with Gasteiger partial charge in [-0.2, -0.15) is 4.98 Å². The molecule has 7 heteroatoms. The van der Waals surface area contributed by atoms with Gasteiger partial charge >= 0.3 is 12.7 Å². The summed E-state index contributed by atoms with van der Waals surface area (Å²) >= 11 is 5.30. The Morgan fingerprint density at radius 1 is 1.21 bits per heavy atom. The molecule has 0 fully saturated rings. The molecular weight excluding hydrogens is 283 g/mol. The molecule has 108 valence electrons. The van der Waals surface area contributed by atoms with Gasteiger partial charge in [-0.3, -0.25) is 9.05 Å². The van der Waals surface area contributed by atoms with Crippen LogP contribution < -0.4 is 4.52 Å². The van der Waals surface area contributed by atoms with Crippen molar-refractivity contribution in [3.63, 3.8) is 0 Å². The van der Waals surface area contributed by atoms with Gasteiger partial charge in [-0.05, 0) is 32.8 Å². The van der Waals surface area contributed by atoms with Crippen LogP contribution in [0.25, 0.3) is 0 Å². The molecule has 1 rings (SSSR count). The average molecular weight is 304 g/mol. The number of hydrogen-bond acceptors (Lipinski definition) is 6. The van der Waals surface area contributed by atoms with E-state index in [0.29, 0.717) is 19.1 Å². The van der Waals surface area contributed by atoms with Crippen LogP contribution in [0.1, 0.15) is 45.0 Å². The highest BCUT2D eigenvalue weighted by Gasteiger charge is 2.23. The zero-order valence-electron chi connectivity index (χ0n) is 12.0. The molecule has 0 spiro atoms. The lowest BCUT2D eigenvalue weighted by atomic mass is 10.1. The highest BCUT2D eigenvalue weighted by atomic mass is 32.5. The van der Waals surface area contributed by atoms with Crippen molar-refractivity contribution >= 4 is 18.5 Å². The van der Waals surface area contributed by atoms with Crippen molar-refractivity contribution in [1.29, 1.82) is 0 Å². The predicted molar refractivity (Wildman–Crippen MR) is 79.0 cm³/mol. The quantitative estimate of drug-likeness (QED) is 0.718. The molecule has 1 heterocycles. The third-order valence-electron chi connectivity index (χ3n) is 2.21. The molecule has 0 aromatic carbocycles. The minimum absolute atomic E-state index is 0.230. The van der Waals surface area contributed by atoms with E-state index in [0.717, 1.165) is 11.4 Å². The summed E-state index contributed by atoms with van der Waals surface area (Å²) in [6.45, 7) is 7.77. The van der Waals surface area contributed by atoms with Gasteiger partial charge in [0.1, 0.15) is 0 Å². The number of hydrogen-bond donors (Lipinski definition) is 0. The molecule has 0 aliphatic carbocycles. The monoisotopic (exact) mass is 304 g/mol. The summed E-state index contributed by atoms with van der Waals surface area (Å²) in [6.07, 6.45) is 0. The maximum atomic E-state index is 5.61. The third kappa shape index (κ3) is 5.15. The summed E-state index contributed by atoms with van der Waals surface area (Å²) in [5.41, 5.74) is 1.75. The van der Waals surface area contributed by atoms with Gasteiger partial charge in [-0.25, -0.2) is 4.98 Å². The molecule has 0 saturated heterocycles. The molecule has 0 radical (unpaired) electrons. The highest BCUT2D eigenvalue weighted by molar-refractivity contribution is 8.07. The highest BCUT2D eigenvalue weighted by Crippen LogP contribution is 2.48. The Morgan fingerprint density at radius 2 is 1.79 bits per heavy atom. The van der Waals surface area contributed by atoms with Crippen LogP contribution in [0.3, 0.4) is 0 Å². The number of nitrogens with zero attached hydrogens (tertiary/aromatic N) is 2. The molecule has 0 unspecified atom stereocenters. The van der Waals surface area contributed by atoms with Crippen molar-refractivity contribution < 1.29 is 13.6 Å². The summed E-state index contributed by atoms with van der Waals surface area (Å²) in [7, 11) is 0. The van der Waals surface area contributed by atoms with Crippen LogP contribution in [0.15, 0.2) is 6.07 Å². The van der Waals surface area contributed by atoms with E-state index in [1.54, 1.807) is 0 Å². The van der Waals surface area contributed by atoms with Gasteiger partial charge < -0.3 is 4.52 Å². The second kappa shape index (κ2) is 7.29. The molecule has 0 atom stereocenters. The van der Waals surface area contributed by atoms with Crippen molar-refractivity contribution in [3.8, 4) is 6.01 Å². The number of rotatable bonds is 7. The Morgan fingerprint density at radius 3 is 2.26 bits per heavy atom. The van der Waals surface area contributed by atoms with E-state index in [1.807, 2.05) is 26.8 Å². The fourth-order valence-electron chi connectivity index (χ4n) is 1.41. The molecule has 0 amide bonds. The Balaban J connectivity index is 2.99. The van der Waals surface area contributed by atoms with Gasteiger partial charge in [0, 0.05) is 17.5 Å². The van der Waals surface area contributed by atoms with Gasteiger partial charge in [0.2, 0.25) is 0 Å². The standard InChI is InChI=1S/C12H21N2O3PS/c1-6-15-18(19,16-7-2)17-12-13-10(5)8-11(14-12)9(3)4/h8-9H,6-7H2,1-5H3. The number of aryl methyl sites for hydroxylation is 1. The molecule has 0 N–H and O–H groups in total.